The van der Waals surface area contributed by atoms with Gasteiger partial charge in [-0.15, -0.1) is 0 Å². The second-order valence-electron chi connectivity index (χ2n) is 5.12. The van der Waals surface area contributed by atoms with E-state index in [2.05, 4.69) is 0 Å². The monoisotopic (exact) mass is 304 g/mol. The molecule has 0 aliphatic heterocycles. The van der Waals surface area contributed by atoms with E-state index >= 15 is 0 Å². The number of benzene rings is 1. The number of hydrogen-bond acceptors (Lipinski definition) is 3. The number of halogens is 3. The standard InChI is InChI=1S/C14H19F3N2O2/c1-18(2)13(21)9-19(3)8-12(20)10-5-4-6-11(7-10)14(15,16)17/h4-7,12,20H,8-9H2,1-3H3/t12-/m1/s1. The summed E-state index contributed by atoms with van der Waals surface area (Å²) in [7, 11) is 4.84. The highest BCUT2D eigenvalue weighted by Gasteiger charge is 2.30. The molecule has 0 saturated heterocycles. The Morgan fingerprint density at radius 1 is 1.29 bits per heavy atom. The summed E-state index contributed by atoms with van der Waals surface area (Å²) >= 11 is 0. The molecule has 0 spiro atoms. The van der Waals surface area contributed by atoms with Crippen molar-refractivity contribution in [1.29, 1.82) is 0 Å². The fraction of sp³-hybridized carbons (Fsp3) is 0.500. The number of alkyl halides is 3. The van der Waals surface area contributed by atoms with Crippen LogP contribution in [0.5, 0.6) is 0 Å². The number of nitrogens with zero attached hydrogens (tertiary/aromatic N) is 2. The molecule has 1 rings (SSSR count). The molecule has 0 fully saturated rings. The summed E-state index contributed by atoms with van der Waals surface area (Å²) in [6.45, 7) is 0.157. The Kier molecular flexibility index (Phi) is 5.74. The van der Waals surface area contributed by atoms with Crippen LogP contribution in [-0.2, 0) is 11.0 Å². The molecular weight excluding hydrogens is 285 g/mol. The van der Waals surface area contributed by atoms with Gasteiger partial charge in [0.15, 0.2) is 0 Å². The summed E-state index contributed by atoms with van der Waals surface area (Å²) < 4.78 is 37.8. The Morgan fingerprint density at radius 2 is 1.90 bits per heavy atom. The van der Waals surface area contributed by atoms with Gasteiger partial charge in [-0.25, -0.2) is 0 Å². The Balaban J connectivity index is 2.71. The fourth-order valence-corrected chi connectivity index (χ4v) is 1.76. The maximum absolute atomic E-state index is 12.6. The minimum absolute atomic E-state index is 0.0703. The Labute approximate surface area is 121 Å². The highest BCUT2D eigenvalue weighted by molar-refractivity contribution is 5.77. The zero-order chi connectivity index (χ0) is 16.2. The van der Waals surface area contributed by atoms with E-state index in [-0.39, 0.29) is 24.6 Å². The zero-order valence-electron chi connectivity index (χ0n) is 12.2. The molecule has 1 amide bonds. The number of aliphatic hydroxyl groups excluding tert-OH is 1. The van der Waals surface area contributed by atoms with Gasteiger partial charge in [0.25, 0.3) is 0 Å². The lowest BCUT2D eigenvalue weighted by atomic mass is 10.1. The quantitative estimate of drug-likeness (QED) is 0.901. The van der Waals surface area contributed by atoms with Gasteiger partial charge < -0.3 is 10.0 Å². The van der Waals surface area contributed by atoms with E-state index in [0.29, 0.717) is 0 Å². The molecule has 0 saturated carbocycles. The topological polar surface area (TPSA) is 43.8 Å². The van der Waals surface area contributed by atoms with Crippen molar-refractivity contribution in [3.05, 3.63) is 35.4 Å². The van der Waals surface area contributed by atoms with E-state index in [9.17, 15) is 23.1 Å². The van der Waals surface area contributed by atoms with Crippen molar-refractivity contribution in [2.45, 2.75) is 12.3 Å². The van der Waals surface area contributed by atoms with E-state index in [1.165, 1.54) is 17.0 Å². The third-order valence-electron chi connectivity index (χ3n) is 2.99. The molecule has 0 aliphatic rings. The van der Waals surface area contributed by atoms with Gasteiger partial charge in [-0.3, -0.25) is 9.69 Å². The Hall–Kier alpha value is -1.60. The third-order valence-corrected chi connectivity index (χ3v) is 2.99. The Bertz CT molecular complexity index is 489. The molecule has 0 heterocycles. The first kappa shape index (κ1) is 17.5. The number of amides is 1. The van der Waals surface area contributed by atoms with E-state index in [1.807, 2.05) is 0 Å². The average molecular weight is 304 g/mol. The van der Waals surface area contributed by atoms with Gasteiger partial charge in [0.2, 0.25) is 5.91 Å². The molecule has 0 aliphatic carbocycles. The molecule has 0 aromatic heterocycles. The SMILES string of the molecule is CN(CC(=O)N(C)C)C[C@@H](O)c1cccc(C(F)(F)F)c1. The van der Waals surface area contributed by atoms with Crippen molar-refractivity contribution in [3.8, 4) is 0 Å². The summed E-state index contributed by atoms with van der Waals surface area (Å²) in [5.74, 6) is -0.145. The first-order valence-electron chi connectivity index (χ1n) is 6.35. The van der Waals surface area contributed by atoms with Crippen LogP contribution in [0.25, 0.3) is 0 Å². The van der Waals surface area contributed by atoms with Crippen LogP contribution in [0.1, 0.15) is 17.2 Å². The molecule has 0 bridgehead atoms. The molecule has 0 unspecified atom stereocenters. The molecule has 1 aromatic rings. The molecule has 4 nitrogen and oxygen atoms in total. The summed E-state index contributed by atoms with van der Waals surface area (Å²) in [5, 5.41) is 10.00. The van der Waals surface area contributed by atoms with Crippen molar-refractivity contribution in [2.24, 2.45) is 0 Å². The maximum atomic E-state index is 12.6. The number of carbonyl (C=O) groups is 1. The first-order chi connectivity index (χ1) is 9.61. The van der Waals surface area contributed by atoms with Crippen LogP contribution in [-0.4, -0.2) is 55.0 Å². The number of hydrogen-bond donors (Lipinski definition) is 1. The molecule has 7 heteroatoms. The molecule has 21 heavy (non-hydrogen) atoms. The second-order valence-corrected chi connectivity index (χ2v) is 5.12. The van der Waals surface area contributed by atoms with Crippen LogP contribution in [0.4, 0.5) is 13.2 Å². The van der Waals surface area contributed by atoms with E-state index < -0.39 is 17.8 Å². The van der Waals surface area contributed by atoms with Crippen LogP contribution in [0.2, 0.25) is 0 Å². The molecule has 118 valence electrons. The second kappa shape index (κ2) is 6.91. The largest absolute Gasteiger partial charge is 0.416 e. The van der Waals surface area contributed by atoms with Crippen molar-refractivity contribution >= 4 is 5.91 Å². The summed E-state index contributed by atoms with van der Waals surface area (Å²) in [5.41, 5.74) is -0.625. The van der Waals surface area contributed by atoms with Gasteiger partial charge in [0, 0.05) is 20.6 Å². The van der Waals surface area contributed by atoms with Gasteiger partial charge in [-0.1, -0.05) is 12.1 Å². The van der Waals surface area contributed by atoms with E-state index in [1.54, 1.807) is 26.0 Å². The smallest absolute Gasteiger partial charge is 0.387 e. The average Bonchev–Trinajstić information content (AvgIpc) is 2.37. The van der Waals surface area contributed by atoms with E-state index in [0.717, 1.165) is 12.1 Å². The van der Waals surface area contributed by atoms with Crippen molar-refractivity contribution < 1.29 is 23.1 Å². The Morgan fingerprint density at radius 3 is 2.43 bits per heavy atom. The van der Waals surface area contributed by atoms with Crippen LogP contribution in [0, 0.1) is 0 Å². The van der Waals surface area contributed by atoms with Gasteiger partial charge in [-0.05, 0) is 24.7 Å². The molecule has 1 atom stereocenters. The zero-order valence-corrected chi connectivity index (χ0v) is 12.2. The van der Waals surface area contributed by atoms with E-state index in [4.69, 9.17) is 0 Å². The minimum atomic E-state index is -4.44. The van der Waals surface area contributed by atoms with Crippen molar-refractivity contribution in [2.75, 3.05) is 34.2 Å². The molecule has 0 radical (unpaired) electrons. The number of aliphatic hydroxyl groups is 1. The molecule has 1 N–H and O–H groups in total. The normalized spacial score (nSPS) is 13.3. The predicted molar refractivity (Wildman–Crippen MR) is 72.6 cm³/mol. The van der Waals surface area contributed by atoms with Gasteiger partial charge in [-0.2, -0.15) is 13.2 Å². The summed E-state index contributed by atoms with van der Waals surface area (Å²) in [6.07, 6.45) is -5.53. The molecule has 1 aromatic carbocycles. The molecular formula is C14H19F3N2O2. The lowest BCUT2D eigenvalue weighted by Gasteiger charge is -2.22. The highest BCUT2D eigenvalue weighted by Crippen LogP contribution is 2.30. The lowest BCUT2D eigenvalue weighted by molar-refractivity contribution is -0.137. The van der Waals surface area contributed by atoms with Gasteiger partial charge >= 0.3 is 6.18 Å². The fourth-order valence-electron chi connectivity index (χ4n) is 1.76. The van der Waals surface area contributed by atoms with Crippen molar-refractivity contribution in [3.63, 3.8) is 0 Å². The number of rotatable bonds is 5. The van der Waals surface area contributed by atoms with Crippen LogP contribution in [0.3, 0.4) is 0 Å². The number of carbonyl (C=O) groups excluding carboxylic acids is 1. The third kappa shape index (κ3) is 5.35. The van der Waals surface area contributed by atoms with Crippen LogP contribution in [0.15, 0.2) is 24.3 Å². The summed E-state index contributed by atoms with van der Waals surface area (Å²) in [4.78, 5) is 14.5. The first-order valence-corrected chi connectivity index (χ1v) is 6.35. The van der Waals surface area contributed by atoms with Gasteiger partial charge in [0.1, 0.15) is 0 Å². The number of likely N-dealkylation sites (N-methyl/N-ethyl adjacent to an activating group) is 2. The van der Waals surface area contributed by atoms with Crippen molar-refractivity contribution in [1.82, 2.24) is 9.80 Å². The minimum Gasteiger partial charge on any atom is -0.387 e. The maximum Gasteiger partial charge on any atom is 0.416 e. The lowest BCUT2D eigenvalue weighted by Crippen LogP contribution is -2.36. The highest BCUT2D eigenvalue weighted by atomic mass is 19.4. The van der Waals surface area contributed by atoms with Crippen LogP contribution >= 0.6 is 0 Å². The van der Waals surface area contributed by atoms with Gasteiger partial charge in [0.05, 0.1) is 18.2 Å². The van der Waals surface area contributed by atoms with Crippen LogP contribution < -0.4 is 0 Å². The predicted octanol–water partition coefficient (Wildman–Crippen LogP) is 1.76. The summed E-state index contributed by atoms with van der Waals surface area (Å²) in [6, 6.07) is 4.57.